The summed E-state index contributed by atoms with van der Waals surface area (Å²) in [6.07, 6.45) is 2.43. The van der Waals surface area contributed by atoms with Crippen molar-refractivity contribution in [3.05, 3.63) is 35.9 Å². The molecule has 88 valence electrons. The zero-order valence-electron chi connectivity index (χ0n) is 9.19. The van der Waals surface area contributed by atoms with Gasteiger partial charge in [-0.2, -0.15) is 4.98 Å². The number of halogens is 1. The van der Waals surface area contributed by atoms with E-state index in [1.165, 1.54) is 25.0 Å². The van der Waals surface area contributed by atoms with Gasteiger partial charge in [-0.1, -0.05) is 11.2 Å². The summed E-state index contributed by atoms with van der Waals surface area (Å²) in [4.78, 5) is 4.21. The fraction of sp³-hybridized carbons (Fsp3) is 0.333. The van der Waals surface area contributed by atoms with Crippen molar-refractivity contribution in [1.29, 1.82) is 0 Å². The van der Waals surface area contributed by atoms with Crippen molar-refractivity contribution >= 4 is 0 Å². The molecule has 1 aromatic carbocycles. The third-order valence-electron chi connectivity index (χ3n) is 2.67. The molecule has 3 rings (SSSR count). The Labute approximate surface area is 97.8 Å². The number of nitrogens with one attached hydrogen (secondary N) is 1. The van der Waals surface area contributed by atoms with E-state index >= 15 is 0 Å². The summed E-state index contributed by atoms with van der Waals surface area (Å²) >= 11 is 0. The van der Waals surface area contributed by atoms with Crippen LogP contribution < -0.4 is 5.32 Å². The van der Waals surface area contributed by atoms with Crippen LogP contribution in [-0.2, 0) is 6.54 Å². The Morgan fingerprint density at radius 3 is 3.06 bits per heavy atom. The fourth-order valence-corrected chi connectivity index (χ4v) is 1.59. The van der Waals surface area contributed by atoms with Gasteiger partial charge in [0.15, 0.2) is 5.82 Å². The van der Waals surface area contributed by atoms with Crippen molar-refractivity contribution in [2.75, 3.05) is 0 Å². The molecule has 0 spiro atoms. The Kier molecular flexibility index (Phi) is 2.60. The SMILES string of the molecule is Fc1cccc(-c2nc(CNC3CC3)no2)c1. The normalized spacial score (nSPS) is 15.1. The maximum Gasteiger partial charge on any atom is 0.258 e. The van der Waals surface area contributed by atoms with Gasteiger partial charge < -0.3 is 9.84 Å². The molecule has 1 saturated carbocycles. The minimum absolute atomic E-state index is 0.307. The molecule has 5 heteroatoms. The second kappa shape index (κ2) is 4.25. The van der Waals surface area contributed by atoms with Crippen LogP contribution in [0.2, 0.25) is 0 Å². The highest BCUT2D eigenvalue weighted by Gasteiger charge is 2.21. The average Bonchev–Trinajstić information content (AvgIpc) is 3.04. The number of benzene rings is 1. The summed E-state index contributed by atoms with van der Waals surface area (Å²) in [6.45, 7) is 0.601. The Morgan fingerprint density at radius 1 is 1.41 bits per heavy atom. The summed E-state index contributed by atoms with van der Waals surface area (Å²) in [7, 11) is 0. The van der Waals surface area contributed by atoms with Crippen molar-refractivity contribution in [2.45, 2.75) is 25.4 Å². The largest absolute Gasteiger partial charge is 0.334 e. The summed E-state index contributed by atoms with van der Waals surface area (Å²) in [5, 5.41) is 7.14. The quantitative estimate of drug-likeness (QED) is 0.878. The van der Waals surface area contributed by atoms with Crippen LogP contribution in [0.5, 0.6) is 0 Å². The van der Waals surface area contributed by atoms with Crippen molar-refractivity contribution in [1.82, 2.24) is 15.5 Å². The maximum absolute atomic E-state index is 13.0. The van der Waals surface area contributed by atoms with Crippen LogP contribution in [0.3, 0.4) is 0 Å². The predicted octanol–water partition coefficient (Wildman–Crippen LogP) is 2.13. The zero-order chi connectivity index (χ0) is 11.7. The van der Waals surface area contributed by atoms with E-state index in [4.69, 9.17) is 4.52 Å². The Morgan fingerprint density at radius 2 is 2.29 bits per heavy atom. The van der Waals surface area contributed by atoms with Gasteiger partial charge in [0, 0.05) is 11.6 Å². The van der Waals surface area contributed by atoms with E-state index in [1.807, 2.05) is 0 Å². The first-order valence-corrected chi connectivity index (χ1v) is 5.63. The first-order chi connectivity index (χ1) is 8.31. The van der Waals surface area contributed by atoms with Crippen LogP contribution in [-0.4, -0.2) is 16.2 Å². The molecule has 0 unspecified atom stereocenters. The Hall–Kier alpha value is -1.75. The van der Waals surface area contributed by atoms with Crippen molar-refractivity contribution in [3.63, 3.8) is 0 Å². The summed E-state index contributed by atoms with van der Waals surface area (Å²) in [6, 6.07) is 6.73. The van der Waals surface area contributed by atoms with Crippen LogP contribution in [0, 0.1) is 5.82 Å². The number of aromatic nitrogens is 2. The highest BCUT2D eigenvalue weighted by molar-refractivity contribution is 5.52. The Bertz CT molecular complexity index is 522. The molecular formula is C12H12FN3O. The molecule has 1 fully saturated rings. The van der Waals surface area contributed by atoms with Gasteiger partial charge in [-0.25, -0.2) is 4.39 Å². The highest BCUT2D eigenvalue weighted by Crippen LogP contribution is 2.20. The highest BCUT2D eigenvalue weighted by atomic mass is 19.1. The molecule has 1 aliphatic rings. The van der Waals surface area contributed by atoms with E-state index in [-0.39, 0.29) is 5.82 Å². The lowest BCUT2D eigenvalue weighted by Crippen LogP contribution is -2.16. The molecule has 1 aliphatic carbocycles. The second-order valence-corrected chi connectivity index (χ2v) is 4.18. The smallest absolute Gasteiger partial charge is 0.258 e. The van der Waals surface area contributed by atoms with Crippen LogP contribution in [0.1, 0.15) is 18.7 Å². The van der Waals surface area contributed by atoms with Gasteiger partial charge in [0.2, 0.25) is 0 Å². The average molecular weight is 233 g/mol. The topological polar surface area (TPSA) is 51.0 Å². The van der Waals surface area contributed by atoms with Crippen molar-refractivity contribution in [2.24, 2.45) is 0 Å². The number of nitrogens with zero attached hydrogens (tertiary/aromatic N) is 2. The molecule has 0 aliphatic heterocycles. The third-order valence-corrected chi connectivity index (χ3v) is 2.67. The van der Waals surface area contributed by atoms with Crippen LogP contribution >= 0.6 is 0 Å². The molecule has 0 saturated heterocycles. The molecule has 0 amide bonds. The molecule has 1 N–H and O–H groups in total. The molecule has 1 heterocycles. The van der Waals surface area contributed by atoms with Gasteiger partial charge in [-0.05, 0) is 31.0 Å². The zero-order valence-corrected chi connectivity index (χ0v) is 9.19. The number of hydrogen-bond donors (Lipinski definition) is 1. The van der Waals surface area contributed by atoms with Gasteiger partial charge in [0.05, 0.1) is 6.54 Å². The number of hydrogen-bond acceptors (Lipinski definition) is 4. The molecule has 17 heavy (non-hydrogen) atoms. The summed E-state index contributed by atoms with van der Waals surface area (Å²) in [5.74, 6) is 0.659. The molecule has 4 nitrogen and oxygen atoms in total. The maximum atomic E-state index is 13.0. The lowest BCUT2D eigenvalue weighted by Gasteiger charge is -1.95. The second-order valence-electron chi connectivity index (χ2n) is 4.18. The molecule has 0 atom stereocenters. The predicted molar refractivity (Wildman–Crippen MR) is 59.6 cm³/mol. The van der Waals surface area contributed by atoms with Crippen molar-refractivity contribution in [3.8, 4) is 11.5 Å². The summed E-state index contributed by atoms with van der Waals surface area (Å²) < 4.78 is 18.1. The number of rotatable bonds is 4. The van der Waals surface area contributed by atoms with E-state index in [1.54, 1.807) is 12.1 Å². The summed E-state index contributed by atoms with van der Waals surface area (Å²) in [5.41, 5.74) is 0.607. The lowest BCUT2D eigenvalue weighted by atomic mass is 10.2. The van der Waals surface area contributed by atoms with E-state index in [0.717, 1.165) is 0 Å². The van der Waals surface area contributed by atoms with Gasteiger partial charge in [-0.15, -0.1) is 0 Å². The molecule has 0 radical (unpaired) electrons. The fourth-order valence-electron chi connectivity index (χ4n) is 1.59. The van der Waals surface area contributed by atoms with E-state index in [9.17, 15) is 4.39 Å². The van der Waals surface area contributed by atoms with E-state index in [0.29, 0.717) is 29.9 Å². The first kappa shape index (κ1) is 10.4. The van der Waals surface area contributed by atoms with Gasteiger partial charge >= 0.3 is 0 Å². The monoisotopic (exact) mass is 233 g/mol. The van der Waals surface area contributed by atoms with Crippen LogP contribution in [0.25, 0.3) is 11.5 Å². The van der Waals surface area contributed by atoms with Gasteiger partial charge in [0.1, 0.15) is 5.82 Å². The first-order valence-electron chi connectivity index (χ1n) is 5.63. The van der Waals surface area contributed by atoms with Gasteiger partial charge in [0.25, 0.3) is 5.89 Å². The molecular weight excluding hydrogens is 221 g/mol. The standard InChI is InChI=1S/C12H12FN3O/c13-9-3-1-2-8(6-9)12-15-11(16-17-12)7-14-10-4-5-10/h1-3,6,10,14H,4-5,7H2. The molecule has 2 aromatic rings. The van der Waals surface area contributed by atoms with Crippen molar-refractivity contribution < 1.29 is 8.91 Å². The third kappa shape index (κ3) is 2.50. The van der Waals surface area contributed by atoms with E-state index in [2.05, 4.69) is 15.5 Å². The van der Waals surface area contributed by atoms with Crippen LogP contribution in [0.4, 0.5) is 4.39 Å². The lowest BCUT2D eigenvalue weighted by molar-refractivity contribution is 0.419. The van der Waals surface area contributed by atoms with E-state index < -0.39 is 0 Å². The van der Waals surface area contributed by atoms with Gasteiger partial charge in [-0.3, -0.25) is 0 Å². The molecule has 1 aromatic heterocycles. The molecule has 0 bridgehead atoms. The minimum Gasteiger partial charge on any atom is -0.334 e. The minimum atomic E-state index is -0.307. The Balaban J connectivity index is 1.74. The van der Waals surface area contributed by atoms with Crippen LogP contribution in [0.15, 0.2) is 28.8 Å².